The van der Waals surface area contributed by atoms with Crippen LogP contribution in [-0.2, 0) is 0 Å². The Morgan fingerprint density at radius 3 is 2.68 bits per heavy atom. The first kappa shape index (κ1) is 15.7. The van der Waals surface area contributed by atoms with Gasteiger partial charge in [-0.05, 0) is 18.2 Å². The summed E-state index contributed by atoms with van der Waals surface area (Å²) < 4.78 is 0. The van der Waals surface area contributed by atoms with Gasteiger partial charge in [0.15, 0.2) is 0 Å². The molecule has 0 unspecified atom stereocenters. The number of nitrogens with one attached hydrogen (secondary N) is 1. The summed E-state index contributed by atoms with van der Waals surface area (Å²) in [6, 6.07) is 16.7. The number of anilines is 1. The van der Waals surface area contributed by atoms with Crippen LogP contribution in [0.3, 0.4) is 0 Å². The lowest BCUT2D eigenvalue weighted by atomic mass is 10.0. The Kier molecular flexibility index (Phi) is 4.13. The van der Waals surface area contributed by atoms with E-state index in [4.69, 9.17) is 11.6 Å². The smallest absolute Gasteiger partial charge is 0.258 e. The standard InChI is InChI=1S/C18H11ClN4OS/c19-14-7-3-1-6-12(14)16-9-13(11-5-2-4-8-15(11)21-16)17(24)22-18-23-20-10-25-18/h1-10H,(H,22,23,24). The van der Waals surface area contributed by atoms with Crippen LogP contribution in [0.4, 0.5) is 5.13 Å². The molecule has 1 amide bonds. The second kappa shape index (κ2) is 6.58. The van der Waals surface area contributed by atoms with E-state index in [-0.39, 0.29) is 5.91 Å². The Balaban J connectivity index is 1.87. The van der Waals surface area contributed by atoms with Crippen LogP contribution in [0.2, 0.25) is 5.02 Å². The lowest BCUT2D eigenvalue weighted by Gasteiger charge is -2.10. The van der Waals surface area contributed by atoms with Gasteiger partial charge in [0.2, 0.25) is 5.13 Å². The van der Waals surface area contributed by atoms with Gasteiger partial charge in [0, 0.05) is 16.0 Å². The van der Waals surface area contributed by atoms with Gasteiger partial charge in [-0.15, -0.1) is 10.2 Å². The van der Waals surface area contributed by atoms with Gasteiger partial charge in [0.25, 0.3) is 5.91 Å². The Morgan fingerprint density at radius 2 is 1.88 bits per heavy atom. The highest BCUT2D eigenvalue weighted by Crippen LogP contribution is 2.30. The van der Waals surface area contributed by atoms with E-state index in [9.17, 15) is 4.79 Å². The van der Waals surface area contributed by atoms with Crippen LogP contribution in [0.15, 0.2) is 60.1 Å². The van der Waals surface area contributed by atoms with Crippen LogP contribution < -0.4 is 5.32 Å². The van der Waals surface area contributed by atoms with E-state index in [1.165, 1.54) is 11.3 Å². The molecule has 25 heavy (non-hydrogen) atoms. The van der Waals surface area contributed by atoms with Crippen LogP contribution in [0, 0.1) is 0 Å². The number of fused-ring (bicyclic) bond motifs is 1. The van der Waals surface area contributed by atoms with Crippen LogP contribution in [0.5, 0.6) is 0 Å². The minimum atomic E-state index is -0.261. The SMILES string of the molecule is O=C(Nc1nncs1)c1cc(-c2ccccc2Cl)nc2ccccc12. The Bertz CT molecular complexity index is 1070. The summed E-state index contributed by atoms with van der Waals surface area (Å²) in [4.78, 5) is 17.4. The first-order valence-electron chi connectivity index (χ1n) is 7.44. The van der Waals surface area contributed by atoms with Gasteiger partial charge >= 0.3 is 0 Å². The molecule has 0 radical (unpaired) electrons. The minimum Gasteiger partial charge on any atom is -0.296 e. The first-order valence-corrected chi connectivity index (χ1v) is 8.70. The molecule has 0 saturated heterocycles. The predicted molar refractivity (Wildman–Crippen MR) is 100 cm³/mol. The normalized spacial score (nSPS) is 10.8. The fourth-order valence-corrected chi connectivity index (χ4v) is 3.23. The second-order valence-electron chi connectivity index (χ2n) is 5.25. The fourth-order valence-electron chi connectivity index (χ4n) is 2.56. The van der Waals surface area contributed by atoms with E-state index in [2.05, 4.69) is 20.5 Å². The van der Waals surface area contributed by atoms with Crippen molar-refractivity contribution in [2.24, 2.45) is 0 Å². The maximum atomic E-state index is 12.8. The third-order valence-corrected chi connectivity index (χ3v) is 4.63. The number of pyridine rings is 1. The van der Waals surface area contributed by atoms with Crippen molar-refractivity contribution >= 4 is 44.9 Å². The van der Waals surface area contributed by atoms with Crippen molar-refractivity contribution < 1.29 is 4.79 Å². The Labute approximate surface area is 152 Å². The minimum absolute atomic E-state index is 0.261. The molecule has 0 spiro atoms. The Hall–Kier alpha value is -2.83. The summed E-state index contributed by atoms with van der Waals surface area (Å²) in [7, 11) is 0. The molecule has 1 N–H and O–H groups in total. The van der Waals surface area contributed by atoms with Crippen molar-refractivity contribution in [1.82, 2.24) is 15.2 Å². The Morgan fingerprint density at radius 1 is 1.08 bits per heavy atom. The van der Waals surface area contributed by atoms with E-state index in [0.717, 1.165) is 16.5 Å². The van der Waals surface area contributed by atoms with Crippen LogP contribution in [0.1, 0.15) is 10.4 Å². The zero-order valence-electron chi connectivity index (χ0n) is 12.8. The maximum absolute atomic E-state index is 12.8. The zero-order valence-corrected chi connectivity index (χ0v) is 14.4. The summed E-state index contributed by atoms with van der Waals surface area (Å²) in [6.07, 6.45) is 0. The van der Waals surface area contributed by atoms with Crippen molar-refractivity contribution in [2.45, 2.75) is 0 Å². The van der Waals surface area contributed by atoms with Gasteiger partial charge in [-0.25, -0.2) is 4.98 Å². The second-order valence-corrected chi connectivity index (χ2v) is 6.49. The lowest BCUT2D eigenvalue weighted by Crippen LogP contribution is -2.13. The van der Waals surface area contributed by atoms with E-state index in [1.54, 1.807) is 17.6 Å². The number of carbonyl (C=O) groups is 1. The van der Waals surface area contributed by atoms with Crippen molar-refractivity contribution in [3.8, 4) is 11.3 Å². The van der Waals surface area contributed by atoms with E-state index < -0.39 is 0 Å². The van der Waals surface area contributed by atoms with Gasteiger partial charge in [-0.3, -0.25) is 10.1 Å². The monoisotopic (exact) mass is 366 g/mol. The molecule has 0 aliphatic heterocycles. The number of benzene rings is 2. The average Bonchev–Trinajstić information content (AvgIpc) is 3.14. The average molecular weight is 367 g/mol. The van der Waals surface area contributed by atoms with Crippen LogP contribution in [-0.4, -0.2) is 21.1 Å². The van der Waals surface area contributed by atoms with Crippen molar-refractivity contribution in [2.75, 3.05) is 5.32 Å². The predicted octanol–water partition coefficient (Wildman–Crippen LogP) is 4.66. The van der Waals surface area contributed by atoms with Gasteiger partial charge in [-0.2, -0.15) is 0 Å². The highest BCUT2D eigenvalue weighted by Gasteiger charge is 2.16. The molecule has 5 nitrogen and oxygen atoms in total. The number of para-hydroxylation sites is 1. The summed E-state index contributed by atoms with van der Waals surface area (Å²) in [5, 5.41) is 12.2. The zero-order chi connectivity index (χ0) is 17.2. The molecule has 0 saturated carbocycles. The molecule has 2 heterocycles. The molecule has 0 bridgehead atoms. The molecule has 122 valence electrons. The molecule has 4 rings (SSSR count). The topological polar surface area (TPSA) is 67.8 Å². The van der Waals surface area contributed by atoms with Crippen LogP contribution in [0.25, 0.3) is 22.2 Å². The number of nitrogens with zero attached hydrogens (tertiary/aromatic N) is 3. The number of aromatic nitrogens is 3. The van der Waals surface area contributed by atoms with E-state index >= 15 is 0 Å². The van der Waals surface area contributed by atoms with Gasteiger partial charge in [0.05, 0.1) is 16.8 Å². The molecule has 0 aliphatic carbocycles. The largest absolute Gasteiger partial charge is 0.296 e. The highest BCUT2D eigenvalue weighted by molar-refractivity contribution is 7.13. The highest BCUT2D eigenvalue weighted by atomic mass is 35.5. The molecule has 0 aliphatic rings. The molecular formula is C18H11ClN4OS. The van der Waals surface area contributed by atoms with Crippen molar-refractivity contribution in [3.05, 3.63) is 70.7 Å². The van der Waals surface area contributed by atoms with Gasteiger partial charge < -0.3 is 0 Å². The summed E-state index contributed by atoms with van der Waals surface area (Å²) in [5.74, 6) is -0.261. The number of carbonyl (C=O) groups excluding carboxylic acids is 1. The number of amides is 1. The quantitative estimate of drug-likeness (QED) is 0.572. The molecule has 2 aromatic carbocycles. The number of halogens is 1. The molecule has 0 fully saturated rings. The van der Waals surface area contributed by atoms with E-state index in [0.29, 0.717) is 21.4 Å². The number of rotatable bonds is 3. The molecule has 0 atom stereocenters. The third-order valence-electron chi connectivity index (χ3n) is 3.69. The summed E-state index contributed by atoms with van der Waals surface area (Å²) in [5.41, 5.74) is 4.22. The molecule has 7 heteroatoms. The van der Waals surface area contributed by atoms with E-state index in [1.807, 2.05) is 42.5 Å². The first-order chi connectivity index (χ1) is 12.2. The third kappa shape index (κ3) is 3.09. The molecular weight excluding hydrogens is 356 g/mol. The summed E-state index contributed by atoms with van der Waals surface area (Å²) in [6.45, 7) is 0. The van der Waals surface area contributed by atoms with Crippen LogP contribution >= 0.6 is 22.9 Å². The summed E-state index contributed by atoms with van der Waals surface area (Å²) >= 11 is 7.56. The number of hydrogen-bond donors (Lipinski definition) is 1. The fraction of sp³-hybridized carbons (Fsp3) is 0. The molecule has 2 aromatic heterocycles. The molecule has 4 aromatic rings. The lowest BCUT2D eigenvalue weighted by molar-refractivity contribution is 0.102. The number of hydrogen-bond acceptors (Lipinski definition) is 5. The van der Waals surface area contributed by atoms with Gasteiger partial charge in [-0.1, -0.05) is 59.3 Å². The van der Waals surface area contributed by atoms with Crippen molar-refractivity contribution in [1.29, 1.82) is 0 Å². The maximum Gasteiger partial charge on any atom is 0.258 e. The van der Waals surface area contributed by atoms with Gasteiger partial charge in [0.1, 0.15) is 5.51 Å². The van der Waals surface area contributed by atoms with Crippen molar-refractivity contribution in [3.63, 3.8) is 0 Å².